The van der Waals surface area contributed by atoms with E-state index in [2.05, 4.69) is 41.4 Å². The van der Waals surface area contributed by atoms with Crippen molar-refractivity contribution in [2.45, 2.75) is 54.0 Å². The number of ether oxygens (including phenoxy) is 2. The largest absolute Gasteiger partial charge is 0.481 e. The van der Waals surface area contributed by atoms with Crippen LogP contribution in [-0.2, 0) is 43.1 Å². The van der Waals surface area contributed by atoms with Crippen molar-refractivity contribution in [3.8, 4) is 18.1 Å². The fourth-order valence-electron chi connectivity index (χ4n) is 5.46. The Labute approximate surface area is 322 Å². The van der Waals surface area contributed by atoms with Crippen molar-refractivity contribution in [1.82, 2.24) is 14.3 Å². The molecule has 0 saturated heterocycles. The zero-order valence-corrected chi connectivity index (χ0v) is 33.1. The molecular formula is C35H45ClFN6O9PS. The van der Waals surface area contributed by atoms with E-state index in [9.17, 15) is 23.3 Å². The molecule has 0 unspecified atom stereocenters. The van der Waals surface area contributed by atoms with Gasteiger partial charge in [-0.05, 0) is 42.9 Å². The first-order valence-electron chi connectivity index (χ1n) is 16.7. The number of carbonyl (C=O) groups excluding carboxylic acids is 2. The number of anilines is 2. The summed E-state index contributed by atoms with van der Waals surface area (Å²) < 4.78 is 41.7. The number of nitrogens with one attached hydrogen (secondary N) is 1. The summed E-state index contributed by atoms with van der Waals surface area (Å²) in [6.07, 6.45) is 6.49. The van der Waals surface area contributed by atoms with Gasteiger partial charge in [0.1, 0.15) is 29.9 Å². The molecule has 2 aliphatic rings. The standard InChI is InChI=1S/C18H17FN4O2S.C14H20ClNO2.C3H8NO5P/c1-4-5-22-13-7-12(11(19)6-14(13)25-9-16(22)24)20-17-23-10-18(2,3)8-15(23)21-26-17;1-4-12-8-6-7-11(3)14(12)16(10-18-5-2)13(17)9-15;5-3(6)1-4-2-10(7,8)9/h1,6-7H,5,8-10H2,2-3H3;6-8H,4-5,9-10H2,1-3H3;4H,1-2H2,(H,5,6)(H2,7,8,9)/b20-17-;;. The number of amides is 2. The Morgan fingerprint density at radius 1 is 1.30 bits per heavy atom. The number of hydrogen-bond acceptors (Lipinski definition) is 10. The Bertz CT molecular complexity index is 1980. The average Bonchev–Trinajstić information content (AvgIpc) is 3.61. The van der Waals surface area contributed by atoms with E-state index in [1.807, 2.05) is 36.6 Å². The fourth-order valence-corrected chi connectivity index (χ4v) is 6.77. The minimum absolute atomic E-state index is 0.0371. The smallest absolute Gasteiger partial charge is 0.339 e. The molecule has 0 aliphatic carbocycles. The summed E-state index contributed by atoms with van der Waals surface area (Å²) in [4.78, 5) is 58.3. The molecule has 4 N–H and O–H groups in total. The molecule has 19 heteroatoms. The summed E-state index contributed by atoms with van der Waals surface area (Å²) in [6.45, 7) is 11.4. The van der Waals surface area contributed by atoms with Gasteiger partial charge in [-0.3, -0.25) is 34.1 Å². The molecule has 0 radical (unpaired) electrons. The Morgan fingerprint density at radius 3 is 2.63 bits per heavy atom. The number of aryl methyl sites for hydroxylation is 2. The maximum absolute atomic E-state index is 14.5. The first kappa shape index (κ1) is 44.3. The number of carbonyl (C=O) groups is 3. The molecule has 5 rings (SSSR count). The summed E-state index contributed by atoms with van der Waals surface area (Å²) in [6, 6.07) is 8.78. The van der Waals surface area contributed by atoms with Crippen molar-refractivity contribution in [2.24, 2.45) is 10.4 Å². The number of aliphatic carboxylic acids is 1. The van der Waals surface area contributed by atoms with Crippen LogP contribution in [0.4, 0.5) is 21.5 Å². The van der Waals surface area contributed by atoms with E-state index in [1.54, 1.807) is 4.90 Å². The zero-order chi connectivity index (χ0) is 40.2. The van der Waals surface area contributed by atoms with Crippen molar-refractivity contribution in [2.75, 3.05) is 55.0 Å². The van der Waals surface area contributed by atoms with Crippen LogP contribution >= 0.6 is 30.7 Å². The quantitative estimate of drug-likeness (QED) is 0.0887. The summed E-state index contributed by atoms with van der Waals surface area (Å²) >= 11 is 6.92. The van der Waals surface area contributed by atoms with Crippen LogP contribution in [-0.4, -0.2) is 86.8 Å². The van der Waals surface area contributed by atoms with E-state index >= 15 is 0 Å². The van der Waals surface area contributed by atoms with Crippen molar-refractivity contribution < 1.29 is 47.7 Å². The van der Waals surface area contributed by atoms with Gasteiger partial charge in [0, 0.05) is 37.2 Å². The molecule has 0 fully saturated rings. The van der Waals surface area contributed by atoms with Crippen molar-refractivity contribution in [3.63, 3.8) is 0 Å². The highest BCUT2D eigenvalue weighted by Gasteiger charge is 2.31. The molecular weight excluding hydrogens is 766 g/mol. The van der Waals surface area contributed by atoms with Crippen molar-refractivity contribution in [1.29, 1.82) is 0 Å². The van der Waals surface area contributed by atoms with Gasteiger partial charge in [0.05, 0.1) is 30.8 Å². The second-order valence-corrected chi connectivity index (χ2v) is 15.5. The first-order valence-corrected chi connectivity index (χ1v) is 19.9. The van der Waals surface area contributed by atoms with Crippen LogP contribution in [0.1, 0.15) is 44.6 Å². The maximum Gasteiger partial charge on any atom is 0.339 e. The predicted octanol–water partition coefficient (Wildman–Crippen LogP) is 4.18. The Balaban J connectivity index is 0.000000244. The van der Waals surface area contributed by atoms with E-state index in [0.29, 0.717) is 22.8 Å². The lowest BCUT2D eigenvalue weighted by molar-refractivity contribution is -0.135. The topological polar surface area (TPSA) is 196 Å². The number of nitrogens with zero attached hydrogens (tertiary/aromatic N) is 5. The van der Waals surface area contributed by atoms with Crippen molar-refractivity contribution in [3.05, 3.63) is 57.9 Å². The van der Waals surface area contributed by atoms with Gasteiger partial charge in [0.25, 0.3) is 5.91 Å². The summed E-state index contributed by atoms with van der Waals surface area (Å²) in [5.41, 5.74) is 3.80. The van der Waals surface area contributed by atoms with E-state index in [4.69, 9.17) is 42.4 Å². The molecule has 0 saturated carbocycles. The van der Waals surface area contributed by atoms with Gasteiger partial charge >= 0.3 is 13.6 Å². The molecule has 0 atom stereocenters. The molecule has 15 nitrogen and oxygen atoms in total. The predicted molar refractivity (Wildman–Crippen MR) is 204 cm³/mol. The number of rotatable bonds is 12. The fraction of sp³-hybridized carbons (Fsp3) is 0.457. The van der Waals surface area contributed by atoms with E-state index in [0.717, 1.165) is 42.0 Å². The van der Waals surface area contributed by atoms with Gasteiger partial charge in [0.15, 0.2) is 12.4 Å². The molecule has 54 heavy (non-hydrogen) atoms. The molecule has 0 spiro atoms. The second kappa shape index (κ2) is 20.0. The summed E-state index contributed by atoms with van der Waals surface area (Å²) in [7, 11) is -4.10. The number of alkyl halides is 1. The van der Waals surface area contributed by atoms with E-state index in [-0.39, 0.29) is 48.7 Å². The van der Waals surface area contributed by atoms with Crippen LogP contribution < -0.4 is 24.7 Å². The van der Waals surface area contributed by atoms with Crippen LogP contribution in [0.5, 0.6) is 5.75 Å². The molecule has 3 aromatic rings. The number of para-hydroxylation sites is 1. The average molecular weight is 811 g/mol. The van der Waals surface area contributed by atoms with Gasteiger partial charge in [-0.15, -0.1) is 18.0 Å². The molecule has 2 amide bonds. The number of carboxylic acids is 1. The van der Waals surface area contributed by atoms with Gasteiger partial charge in [-0.25, -0.2) is 9.38 Å². The van der Waals surface area contributed by atoms with Crippen molar-refractivity contribution >= 4 is 65.6 Å². The van der Waals surface area contributed by atoms with E-state index in [1.165, 1.54) is 28.6 Å². The number of terminal acetylenes is 1. The zero-order valence-electron chi connectivity index (χ0n) is 30.7. The number of hydrogen-bond donors (Lipinski definition) is 4. The Hall–Kier alpha value is -4.14. The third kappa shape index (κ3) is 12.5. The lowest BCUT2D eigenvalue weighted by Gasteiger charge is -2.28. The Kier molecular flexibility index (Phi) is 16.4. The molecule has 2 aliphatic heterocycles. The minimum atomic E-state index is -4.10. The molecule has 1 aromatic heterocycles. The monoisotopic (exact) mass is 810 g/mol. The normalized spacial score (nSPS) is 14.4. The van der Waals surface area contributed by atoms with Crippen LogP contribution in [0.3, 0.4) is 0 Å². The van der Waals surface area contributed by atoms with Crippen LogP contribution in [0.2, 0.25) is 0 Å². The van der Waals surface area contributed by atoms with Crippen LogP contribution in [0.15, 0.2) is 35.3 Å². The van der Waals surface area contributed by atoms with Gasteiger partial charge in [-0.1, -0.05) is 44.9 Å². The summed E-state index contributed by atoms with van der Waals surface area (Å²) in [5, 5.41) is 10.1. The van der Waals surface area contributed by atoms with Gasteiger partial charge in [-0.2, -0.15) is 4.37 Å². The number of fused-ring (bicyclic) bond motifs is 2. The summed E-state index contributed by atoms with van der Waals surface area (Å²) in [5.74, 6) is 1.61. The molecule has 2 aromatic carbocycles. The highest BCUT2D eigenvalue weighted by Crippen LogP contribution is 2.38. The SMILES string of the molecule is C#CCN1C(=O)COc2cc(F)c(/N=c3\snc4n3CC(C)(C)C4)cc21.CCOCN(C(=O)CCl)c1c(C)cccc1CC.O=C(O)CNCP(=O)(O)O. The first-order chi connectivity index (χ1) is 25.4. The number of carboxylic acid groups (broad SMARTS) is 1. The lowest BCUT2D eigenvalue weighted by Crippen LogP contribution is -2.39. The maximum atomic E-state index is 14.5. The third-order valence-corrected chi connectivity index (χ3v) is 9.48. The van der Waals surface area contributed by atoms with Gasteiger partial charge < -0.3 is 28.9 Å². The highest BCUT2D eigenvalue weighted by atomic mass is 35.5. The second-order valence-electron chi connectivity index (χ2n) is 12.8. The number of halogens is 2. The number of benzene rings is 2. The lowest BCUT2D eigenvalue weighted by atomic mass is 9.92. The Morgan fingerprint density at radius 2 is 2.02 bits per heavy atom. The van der Waals surface area contributed by atoms with Crippen LogP contribution in [0, 0.1) is 30.5 Å². The molecule has 0 bridgehead atoms. The highest BCUT2D eigenvalue weighted by molar-refractivity contribution is 7.51. The van der Waals surface area contributed by atoms with Gasteiger partial charge in [0.2, 0.25) is 10.7 Å². The van der Waals surface area contributed by atoms with E-state index < -0.39 is 32.2 Å². The molecule has 294 valence electrons. The number of aromatic nitrogens is 2. The molecule has 3 heterocycles. The van der Waals surface area contributed by atoms with Crippen LogP contribution in [0.25, 0.3) is 0 Å². The minimum Gasteiger partial charge on any atom is -0.481 e. The third-order valence-electron chi connectivity index (χ3n) is 7.84.